The van der Waals surface area contributed by atoms with Gasteiger partial charge in [0.1, 0.15) is 17.2 Å². The number of alkyl halides is 3. The lowest BCUT2D eigenvalue weighted by Gasteiger charge is -2.20. The zero-order chi connectivity index (χ0) is 27.7. The first kappa shape index (κ1) is 28.7. The molecule has 0 spiro atoms. The van der Waals surface area contributed by atoms with Gasteiger partial charge < -0.3 is 24.1 Å². The zero-order valence-electron chi connectivity index (χ0n) is 21.5. The molecule has 0 saturated heterocycles. The van der Waals surface area contributed by atoms with Crippen molar-refractivity contribution in [1.82, 2.24) is 0 Å². The summed E-state index contributed by atoms with van der Waals surface area (Å²) in [6.07, 6.45) is -3.40. The Morgan fingerprint density at radius 1 is 0.947 bits per heavy atom. The number of halogens is 3. The Bertz CT molecular complexity index is 1230. The molecule has 0 aliphatic rings. The molecule has 0 bridgehead atoms. The fourth-order valence-corrected chi connectivity index (χ4v) is 3.78. The largest absolute Gasteiger partial charge is 0.573 e. The molecule has 3 rings (SSSR count). The number of carboxylic acids is 1. The van der Waals surface area contributed by atoms with Gasteiger partial charge in [0.2, 0.25) is 0 Å². The van der Waals surface area contributed by atoms with Gasteiger partial charge in [0.15, 0.2) is 11.5 Å². The number of carbonyl (C=O) groups is 1. The first-order valence-electron chi connectivity index (χ1n) is 12.3. The van der Waals surface area contributed by atoms with Crippen LogP contribution in [-0.2, 0) is 17.6 Å². The highest BCUT2D eigenvalue weighted by molar-refractivity contribution is 5.67. The fourth-order valence-electron chi connectivity index (χ4n) is 3.78. The lowest BCUT2D eigenvalue weighted by molar-refractivity contribution is -0.274. The van der Waals surface area contributed by atoms with Crippen LogP contribution in [0.1, 0.15) is 43.4 Å². The van der Waals surface area contributed by atoms with Crippen LogP contribution >= 0.6 is 0 Å². The highest BCUT2D eigenvalue weighted by Gasteiger charge is 2.31. The van der Waals surface area contributed by atoms with E-state index in [1.807, 2.05) is 51.1 Å². The molecule has 0 radical (unpaired) electrons. The molecule has 3 aromatic carbocycles. The molecule has 6 nitrogen and oxygen atoms in total. The van der Waals surface area contributed by atoms with Crippen molar-refractivity contribution in [2.75, 3.05) is 6.61 Å². The first-order valence-corrected chi connectivity index (χ1v) is 12.3. The molecule has 3 aromatic rings. The summed E-state index contributed by atoms with van der Waals surface area (Å²) in [6, 6.07) is 16.5. The summed E-state index contributed by atoms with van der Waals surface area (Å²) in [6.45, 7) is 5.99. The highest BCUT2D eigenvalue weighted by atomic mass is 19.4. The molecular formula is C29H31F3O6. The average molecular weight is 533 g/mol. The lowest BCUT2D eigenvalue weighted by Crippen LogP contribution is -2.18. The minimum Gasteiger partial charge on any atom is -0.493 e. The maximum atomic E-state index is 12.8. The van der Waals surface area contributed by atoms with Gasteiger partial charge in [-0.2, -0.15) is 0 Å². The van der Waals surface area contributed by atoms with Crippen LogP contribution in [0.4, 0.5) is 13.2 Å². The lowest BCUT2D eigenvalue weighted by atomic mass is 10.0. The molecule has 204 valence electrons. The predicted octanol–water partition coefficient (Wildman–Crippen LogP) is 7.50. The molecular weight excluding hydrogens is 501 g/mol. The molecule has 0 aromatic heterocycles. The van der Waals surface area contributed by atoms with Crippen LogP contribution in [0.3, 0.4) is 0 Å². The van der Waals surface area contributed by atoms with Crippen molar-refractivity contribution in [3.63, 3.8) is 0 Å². The first-order chi connectivity index (χ1) is 18.0. The summed E-state index contributed by atoms with van der Waals surface area (Å²) in [5, 5.41) is 8.93. The standard InChI is InChI=1S/C29H31F3O6/c1-4-21-17-23(11-9-22(21)10-14-28(33)34)35-16-15-20(3)36-26-13-12-24(38-29(30,31)32)18-27(26)37-25-8-6-5-7-19(25)2/h5-9,11-13,17-18,20H,4,10,14-16H2,1-3H3,(H,33,34)/t20-/m1/s1. The van der Waals surface area contributed by atoms with Crippen LogP contribution in [0.5, 0.6) is 28.7 Å². The Morgan fingerprint density at radius 2 is 1.68 bits per heavy atom. The van der Waals surface area contributed by atoms with E-state index >= 15 is 0 Å². The molecule has 0 aliphatic carbocycles. The van der Waals surface area contributed by atoms with Gasteiger partial charge in [-0.1, -0.05) is 31.2 Å². The van der Waals surface area contributed by atoms with E-state index in [-0.39, 0.29) is 24.0 Å². The smallest absolute Gasteiger partial charge is 0.493 e. The second-order valence-electron chi connectivity index (χ2n) is 8.77. The van der Waals surface area contributed by atoms with Crippen LogP contribution < -0.4 is 18.9 Å². The summed E-state index contributed by atoms with van der Waals surface area (Å²) < 4.78 is 60.1. The third kappa shape index (κ3) is 8.90. The molecule has 1 atom stereocenters. The van der Waals surface area contributed by atoms with Crippen LogP contribution in [0.15, 0.2) is 60.7 Å². The van der Waals surface area contributed by atoms with Gasteiger partial charge in [-0.05, 0) is 73.7 Å². The van der Waals surface area contributed by atoms with Crippen LogP contribution in [0.2, 0.25) is 0 Å². The minimum absolute atomic E-state index is 0.0703. The highest BCUT2D eigenvalue weighted by Crippen LogP contribution is 2.38. The summed E-state index contributed by atoms with van der Waals surface area (Å²) >= 11 is 0. The van der Waals surface area contributed by atoms with Crippen molar-refractivity contribution >= 4 is 5.97 Å². The van der Waals surface area contributed by atoms with Gasteiger partial charge >= 0.3 is 12.3 Å². The molecule has 1 N–H and O–H groups in total. The second-order valence-corrected chi connectivity index (χ2v) is 8.77. The summed E-state index contributed by atoms with van der Waals surface area (Å²) in [5.41, 5.74) is 2.83. The van der Waals surface area contributed by atoms with E-state index < -0.39 is 18.1 Å². The Balaban J connectivity index is 1.65. The number of hydrogen-bond donors (Lipinski definition) is 1. The Labute approximate surface area is 219 Å². The van der Waals surface area contributed by atoms with E-state index in [1.165, 1.54) is 12.1 Å². The van der Waals surface area contributed by atoms with E-state index in [0.29, 0.717) is 30.9 Å². The maximum Gasteiger partial charge on any atom is 0.573 e. The van der Waals surface area contributed by atoms with Gasteiger partial charge in [0.05, 0.1) is 12.7 Å². The number of aryl methyl sites for hydroxylation is 3. The van der Waals surface area contributed by atoms with Crippen LogP contribution in [0, 0.1) is 6.92 Å². The number of hydrogen-bond acceptors (Lipinski definition) is 5. The molecule has 0 saturated carbocycles. The third-order valence-corrected chi connectivity index (χ3v) is 5.75. The fraction of sp³-hybridized carbons (Fsp3) is 0.345. The Kier molecular flexibility index (Phi) is 9.87. The number of rotatable bonds is 13. The van der Waals surface area contributed by atoms with Crippen molar-refractivity contribution in [2.24, 2.45) is 0 Å². The number of ether oxygens (including phenoxy) is 4. The van der Waals surface area contributed by atoms with Crippen molar-refractivity contribution in [3.8, 4) is 28.7 Å². The minimum atomic E-state index is -4.83. The Morgan fingerprint density at radius 3 is 2.37 bits per heavy atom. The van der Waals surface area contributed by atoms with Crippen LogP contribution in [0.25, 0.3) is 0 Å². The molecule has 0 heterocycles. The van der Waals surface area contributed by atoms with Gasteiger partial charge in [-0.3, -0.25) is 4.79 Å². The predicted molar refractivity (Wildman–Crippen MR) is 136 cm³/mol. The van der Waals surface area contributed by atoms with Gasteiger partial charge in [-0.25, -0.2) is 0 Å². The number of aliphatic carboxylic acids is 1. The number of para-hydroxylation sites is 1. The summed E-state index contributed by atoms with van der Waals surface area (Å²) in [7, 11) is 0. The van der Waals surface area contributed by atoms with E-state index in [2.05, 4.69) is 4.74 Å². The van der Waals surface area contributed by atoms with E-state index in [9.17, 15) is 18.0 Å². The quantitative estimate of drug-likeness (QED) is 0.246. The van der Waals surface area contributed by atoms with Crippen molar-refractivity contribution < 1.29 is 42.0 Å². The number of carboxylic acid groups (broad SMARTS) is 1. The van der Waals surface area contributed by atoms with E-state index in [4.69, 9.17) is 19.3 Å². The second kappa shape index (κ2) is 13.1. The summed E-state index contributed by atoms with van der Waals surface area (Å²) in [4.78, 5) is 10.9. The van der Waals surface area contributed by atoms with Gasteiger partial charge in [0.25, 0.3) is 0 Å². The van der Waals surface area contributed by atoms with E-state index in [1.54, 1.807) is 12.1 Å². The van der Waals surface area contributed by atoms with Crippen molar-refractivity contribution in [2.45, 2.75) is 58.9 Å². The number of benzene rings is 3. The van der Waals surface area contributed by atoms with Crippen molar-refractivity contribution in [1.29, 1.82) is 0 Å². The molecule has 0 amide bonds. The molecule has 9 heteroatoms. The van der Waals surface area contributed by atoms with Crippen molar-refractivity contribution in [3.05, 3.63) is 77.4 Å². The van der Waals surface area contributed by atoms with Crippen LogP contribution in [-0.4, -0.2) is 30.1 Å². The average Bonchev–Trinajstić information content (AvgIpc) is 2.85. The monoisotopic (exact) mass is 532 g/mol. The normalized spacial score (nSPS) is 12.1. The SMILES string of the molecule is CCc1cc(OCC[C@@H](C)Oc2ccc(OC(F)(F)F)cc2Oc2ccccc2C)ccc1CCC(=O)O. The molecule has 0 aliphatic heterocycles. The Hall–Kier alpha value is -3.88. The topological polar surface area (TPSA) is 74.2 Å². The maximum absolute atomic E-state index is 12.8. The van der Waals surface area contributed by atoms with Gasteiger partial charge in [-0.15, -0.1) is 13.2 Å². The van der Waals surface area contributed by atoms with Gasteiger partial charge in [0, 0.05) is 18.9 Å². The molecule has 0 unspecified atom stereocenters. The summed E-state index contributed by atoms with van der Waals surface area (Å²) in [5.74, 6) is 0.269. The van der Waals surface area contributed by atoms with E-state index in [0.717, 1.165) is 29.2 Å². The molecule has 0 fully saturated rings. The third-order valence-electron chi connectivity index (χ3n) is 5.75. The molecule has 38 heavy (non-hydrogen) atoms. The zero-order valence-corrected chi connectivity index (χ0v) is 21.5.